The van der Waals surface area contributed by atoms with E-state index in [9.17, 15) is 4.79 Å². The van der Waals surface area contributed by atoms with Gasteiger partial charge >= 0.3 is 0 Å². The summed E-state index contributed by atoms with van der Waals surface area (Å²) in [5.41, 5.74) is 6.62. The van der Waals surface area contributed by atoms with Gasteiger partial charge in [0.15, 0.2) is 0 Å². The van der Waals surface area contributed by atoms with Crippen LogP contribution in [0.4, 0.5) is 0 Å². The first kappa shape index (κ1) is 14.5. The molecule has 6 heteroatoms. The lowest BCUT2D eigenvalue weighted by Gasteiger charge is -2.07. The predicted molar refractivity (Wildman–Crippen MR) is 77.7 cm³/mol. The number of benzene rings is 1. The fourth-order valence-electron chi connectivity index (χ4n) is 1.69. The van der Waals surface area contributed by atoms with E-state index in [0.717, 1.165) is 5.01 Å². The van der Waals surface area contributed by atoms with Gasteiger partial charge in [0.25, 0.3) is 0 Å². The number of hydrogen-bond donors (Lipinski definition) is 1. The fourth-order valence-corrected chi connectivity index (χ4v) is 2.45. The number of methoxy groups -OCH3 is 2. The molecule has 2 N–H and O–H groups in total. The molecule has 0 spiro atoms. The standard InChI is InChI=1S/C14H16N2O3S/c1-8(15)14-16-12(7-20-14)13(17)9-4-10(18-2)6-11(5-9)19-3/h4-8H,15H2,1-3H3. The highest BCUT2D eigenvalue weighted by Gasteiger charge is 2.16. The zero-order chi connectivity index (χ0) is 14.7. The SMILES string of the molecule is COc1cc(OC)cc(C(=O)c2csc(C(C)N)n2)c1. The lowest BCUT2D eigenvalue weighted by molar-refractivity contribution is 0.103. The molecular weight excluding hydrogens is 276 g/mol. The van der Waals surface area contributed by atoms with Gasteiger partial charge in [0.1, 0.15) is 22.2 Å². The molecule has 0 aliphatic heterocycles. The van der Waals surface area contributed by atoms with Crippen LogP contribution >= 0.6 is 11.3 Å². The Kier molecular flexibility index (Phi) is 4.36. The van der Waals surface area contributed by atoms with Gasteiger partial charge in [-0.05, 0) is 19.1 Å². The van der Waals surface area contributed by atoms with Crippen LogP contribution in [0, 0.1) is 0 Å². The minimum atomic E-state index is -0.179. The van der Waals surface area contributed by atoms with E-state index < -0.39 is 0 Å². The molecule has 1 aromatic heterocycles. The van der Waals surface area contributed by atoms with Crippen LogP contribution < -0.4 is 15.2 Å². The van der Waals surface area contributed by atoms with Crippen molar-refractivity contribution in [3.8, 4) is 11.5 Å². The van der Waals surface area contributed by atoms with Crippen molar-refractivity contribution in [1.82, 2.24) is 4.98 Å². The van der Waals surface area contributed by atoms with Crippen molar-refractivity contribution >= 4 is 17.1 Å². The van der Waals surface area contributed by atoms with E-state index in [1.54, 1.807) is 37.8 Å². The number of rotatable bonds is 5. The van der Waals surface area contributed by atoms with E-state index >= 15 is 0 Å². The Hall–Kier alpha value is -1.92. The highest BCUT2D eigenvalue weighted by atomic mass is 32.1. The lowest BCUT2D eigenvalue weighted by atomic mass is 10.1. The van der Waals surface area contributed by atoms with Gasteiger partial charge in [0, 0.05) is 17.0 Å². The molecule has 1 atom stereocenters. The van der Waals surface area contributed by atoms with Crippen LogP contribution in [0.5, 0.6) is 11.5 Å². The smallest absolute Gasteiger partial charge is 0.212 e. The molecule has 0 aliphatic carbocycles. The monoisotopic (exact) mass is 292 g/mol. The van der Waals surface area contributed by atoms with Crippen molar-refractivity contribution in [1.29, 1.82) is 0 Å². The number of aromatic nitrogens is 1. The molecule has 1 unspecified atom stereocenters. The first-order valence-corrected chi connectivity index (χ1v) is 6.92. The maximum Gasteiger partial charge on any atom is 0.212 e. The summed E-state index contributed by atoms with van der Waals surface area (Å²) in [5, 5.41) is 2.45. The summed E-state index contributed by atoms with van der Waals surface area (Å²) in [6.07, 6.45) is 0. The van der Waals surface area contributed by atoms with Crippen molar-refractivity contribution in [3.63, 3.8) is 0 Å². The summed E-state index contributed by atoms with van der Waals surface area (Å²) in [5.74, 6) is 0.955. The number of carbonyl (C=O) groups is 1. The highest BCUT2D eigenvalue weighted by Crippen LogP contribution is 2.25. The Balaban J connectivity index is 2.36. The van der Waals surface area contributed by atoms with E-state index in [1.807, 2.05) is 6.92 Å². The van der Waals surface area contributed by atoms with Crippen LogP contribution in [0.1, 0.15) is 34.0 Å². The Morgan fingerprint density at radius 1 is 1.25 bits per heavy atom. The van der Waals surface area contributed by atoms with E-state index in [2.05, 4.69) is 4.98 Å². The van der Waals surface area contributed by atoms with Gasteiger partial charge in [0.05, 0.1) is 20.3 Å². The molecule has 0 saturated carbocycles. The molecule has 20 heavy (non-hydrogen) atoms. The van der Waals surface area contributed by atoms with Crippen molar-refractivity contribution < 1.29 is 14.3 Å². The fraction of sp³-hybridized carbons (Fsp3) is 0.286. The third-order valence-electron chi connectivity index (χ3n) is 2.76. The third kappa shape index (κ3) is 2.97. The van der Waals surface area contributed by atoms with Crippen molar-refractivity contribution in [2.75, 3.05) is 14.2 Å². The normalized spacial score (nSPS) is 12.0. The number of ketones is 1. The van der Waals surface area contributed by atoms with E-state index in [-0.39, 0.29) is 11.8 Å². The zero-order valence-corrected chi connectivity index (χ0v) is 12.4. The molecule has 2 rings (SSSR count). The molecule has 0 amide bonds. The second kappa shape index (κ2) is 6.02. The molecular formula is C14H16N2O3S. The Bertz CT molecular complexity index is 600. The van der Waals surface area contributed by atoms with E-state index in [1.165, 1.54) is 11.3 Å². The first-order chi connectivity index (χ1) is 9.55. The van der Waals surface area contributed by atoms with Crippen LogP contribution in [0.2, 0.25) is 0 Å². The summed E-state index contributed by atoms with van der Waals surface area (Å²) in [4.78, 5) is 16.7. The van der Waals surface area contributed by atoms with Crippen LogP contribution in [-0.4, -0.2) is 25.0 Å². The first-order valence-electron chi connectivity index (χ1n) is 6.04. The predicted octanol–water partition coefficient (Wildman–Crippen LogP) is 2.41. The van der Waals surface area contributed by atoms with Crippen LogP contribution in [0.3, 0.4) is 0 Å². The molecule has 1 heterocycles. The number of nitrogens with zero attached hydrogens (tertiary/aromatic N) is 1. The number of ether oxygens (including phenoxy) is 2. The second-order valence-electron chi connectivity index (χ2n) is 4.29. The van der Waals surface area contributed by atoms with E-state index in [0.29, 0.717) is 22.8 Å². The van der Waals surface area contributed by atoms with E-state index in [4.69, 9.17) is 15.2 Å². The number of thiazole rings is 1. The maximum atomic E-state index is 12.4. The van der Waals surface area contributed by atoms with Crippen molar-refractivity contribution in [2.45, 2.75) is 13.0 Å². The summed E-state index contributed by atoms with van der Waals surface area (Å²) >= 11 is 1.38. The minimum Gasteiger partial charge on any atom is -0.497 e. The largest absolute Gasteiger partial charge is 0.497 e. The summed E-state index contributed by atoms with van der Waals surface area (Å²) in [6, 6.07) is 4.86. The molecule has 0 saturated heterocycles. The topological polar surface area (TPSA) is 74.4 Å². The highest BCUT2D eigenvalue weighted by molar-refractivity contribution is 7.09. The lowest BCUT2D eigenvalue weighted by Crippen LogP contribution is -2.07. The Morgan fingerprint density at radius 3 is 2.30 bits per heavy atom. The van der Waals surface area contributed by atoms with Gasteiger partial charge < -0.3 is 15.2 Å². The van der Waals surface area contributed by atoms with Gasteiger partial charge in [-0.25, -0.2) is 4.98 Å². The van der Waals surface area contributed by atoms with Gasteiger partial charge in [-0.1, -0.05) is 0 Å². The summed E-state index contributed by atoms with van der Waals surface area (Å²) < 4.78 is 10.3. The van der Waals surface area contributed by atoms with Crippen molar-refractivity contribution in [3.05, 3.63) is 39.8 Å². The summed E-state index contributed by atoms with van der Waals surface area (Å²) in [7, 11) is 3.08. The average Bonchev–Trinajstić information content (AvgIpc) is 2.95. The average molecular weight is 292 g/mol. The minimum absolute atomic E-state index is 0.176. The molecule has 0 aliphatic rings. The van der Waals surface area contributed by atoms with Crippen LogP contribution in [0.15, 0.2) is 23.6 Å². The van der Waals surface area contributed by atoms with Gasteiger partial charge in [-0.15, -0.1) is 11.3 Å². The van der Waals surface area contributed by atoms with Crippen LogP contribution in [0.25, 0.3) is 0 Å². The zero-order valence-electron chi connectivity index (χ0n) is 11.5. The third-order valence-corrected chi connectivity index (χ3v) is 3.80. The quantitative estimate of drug-likeness (QED) is 0.857. The number of hydrogen-bond acceptors (Lipinski definition) is 6. The van der Waals surface area contributed by atoms with Crippen LogP contribution in [-0.2, 0) is 0 Å². The molecule has 1 aromatic carbocycles. The molecule has 0 radical (unpaired) electrons. The molecule has 0 bridgehead atoms. The maximum absolute atomic E-state index is 12.4. The van der Waals surface area contributed by atoms with Gasteiger partial charge in [0.2, 0.25) is 5.78 Å². The number of carbonyl (C=O) groups excluding carboxylic acids is 1. The van der Waals surface area contributed by atoms with Gasteiger partial charge in [-0.3, -0.25) is 4.79 Å². The van der Waals surface area contributed by atoms with Gasteiger partial charge in [-0.2, -0.15) is 0 Å². The Morgan fingerprint density at radius 2 is 1.85 bits per heavy atom. The Labute approximate surface area is 121 Å². The van der Waals surface area contributed by atoms with Crippen molar-refractivity contribution in [2.24, 2.45) is 5.73 Å². The second-order valence-corrected chi connectivity index (χ2v) is 5.18. The molecule has 0 fully saturated rings. The molecule has 106 valence electrons. The molecule has 2 aromatic rings. The summed E-state index contributed by atoms with van der Waals surface area (Å²) in [6.45, 7) is 1.83. The number of nitrogens with two attached hydrogens (primary N) is 1. The molecule has 5 nitrogen and oxygen atoms in total.